The molecule has 0 aliphatic carbocycles. The van der Waals surface area contributed by atoms with Gasteiger partial charge in [-0.25, -0.2) is 0 Å². The van der Waals surface area contributed by atoms with Crippen LogP contribution in [-0.4, -0.2) is 21.1 Å². The molecule has 0 unspecified atom stereocenters. The third-order valence-corrected chi connectivity index (χ3v) is 1.97. The number of non-ortho nitro benzene ring substituents is 1. The van der Waals surface area contributed by atoms with Crippen molar-refractivity contribution in [1.82, 2.24) is 0 Å². The molecule has 80 valence electrons. The standard InChI is InChI=1S/C8H6ClNO5/c9-6-3-5(10(14)15)1-4(8(6)13)2-7(11)12/h1,3,13H,2H2,(H,11,12). The van der Waals surface area contributed by atoms with Crippen molar-refractivity contribution in [3.8, 4) is 5.75 Å². The lowest BCUT2D eigenvalue weighted by Gasteiger charge is -2.03. The van der Waals surface area contributed by atoms with Crippen molar-refractivity contribution < 1.29 is 19.9 Å². The number of phenols is 1. The molecule has 1 aromatic carbocycles. The van der Waals surface area contributed by atoms with Crippen LogP contribution in [0.15, 0.2) is 12.1 Å². The number of aliphatic carboxylic acids is 1. The number of carboxylic acids is 1. The van der Waals surface area contributed by atoms with Crippen LogP contribution in [0.1, 0.15) is 5.56 Å². The molecule has 0 aliphatic heterocycles. The number of nitrogens with zero attached hydrogens (tertiary/aromatic N) is 1. The Morgan fingerprint density at radius 1 is 1.53 bits per heavy atom. The van der Waals surface area contributed by atoms with Gasteiger partial charge in [-0.2, -0.15) is 0 Å². The predicted octanol–water partition coefficient (Wildman–Crippen LogP) is 1.58. The van der Waals surface area contributed by atoms with Gasteiger partial charge in [0, 0.05) is 17.7 Å². The number of nitro groups is 1. The fourth-order valence-corrected chi connectivity index (χ4v) is 1.28. The highest BCUT2D eigenvalue weighted by Crippen LogP contribution is 2.32. The second-order valence-corrected chi connectivity index (χ2v) is 3.17. The Morgan fingerprint density at radius 3 is 2.60 bits per heavy atom. The Morgan fingerprint density at radius 2 is 2.13 bits per heavy atom. The van der Waals surface area contributed by atoms with Crippen LogP contribution >= 0.6 is 11.6 Å². The Labute approximate surface area is 88.9 Å². The zero-order valence-electron chi connectivity index (χ0n) is 7.31. The van der Waals surface area contributed by atoms with Crippen LogP contribution in [0.3, 0.4) is 0 Å². The van der Waals surface area contributed by atoms with Gasteiger partial charge in [0.05, 0.1) is 16.4 Å². The summed E-state index contributed by atoms with van der Waals surface area (Å²) >= 11 is 5.50. The van der Waals surface area contributed by atoms with E-state index in [9.17, 15) is 20.0 Å². The van der Waals surface area contributed by atoms with E-state index >= 15 is 0 Å². The lowest BCUT2D eigenvalue weighted by molar-refractivity contribution is -0.384. The van der Waals surface area contributed by atoms with Crippen molar-refractivity contribution in [2.45, 2.75) is 6.42 Å². The molecule has 0 radical (unpaired) electrons. The summed E-state index contributed by atoms with van der Waals surface area (Å²) in [6, 6.07) is 1.94. The fourth-order valence-electron chi connectivity index (χ4n) is 1.04. The van der Waals surface area contributed by atoms with Crippen molar-refractivity contribution in [1.29, 1.82) is 0 Å². The summed E-state index contributed by atoms with van der Waals surface area (Å²) in [5.74, 6) is -1.65. The Kier molecular flexibility index (Phi) is 3.11. The first-order valence-electron chi connectivity index (χ1n) is 3.79. The number of hydrogen-bond acceptors (Lipinski definition) is 4. The second kappa shape index (κ2) is 4.14. The maximum absolute atomic E-state index is 10.4. The minimum Gasteiger partial charge on any atom is -0.506 e. The summed E-state index contributed by atoms with van der Waals surface area (Å²) in [7, 11) is 0. The summed E-state index contributed by atoms with van der Waals surface area (Å²) in [5, 5.41) is 28.0. The van der Waals surface area contributed by atoms with Gasteiger partial charge in [-0.05, 0) is 0 Å². The summed E-state index contributed by atoms with van der Waals surface area (Å²) in [4.78, 5) is 20.1. The van der Waals surface area contributed by atoms with E-state index in [-0.39, 0.29) is 16.3 Å². The predicted molar refractivity (Wildman–Crippen MR) is 51.1 cm³/mol. The van der Waals surface area contributed by atoms with E-state index in [0.29, 0.717) is 0 Å². The monoisotopic (exact) mass is 231 g/mol. The van der Waals surface area contributed by atoms with Crippen LogP contribution in [0.5, 0.6) is 5.75 Å². The molecular weight excluding hydrogens is 226 g/mol. The van der Waals surface area contributed by atoms with E-state index in [1.54, 1.807) is 0 Å². The van der Waals surface area contributed by atoms with Crippen molar-refractivity contribution in [2.75, 3.05) is 0 Å². The number of rotatable bonds is 3. The number of benzene rings is 1. The van der Waals surface area contributed by atoms with E-state index < -0.39 is 23.1 Å². The van der Waals surface area contributed by atoms with Gasteiger partial charge < -0.3 is 10.2 Å². The first-order chi connectivity index (χ1) is 6.91. The Bertz CT molecular complexity index is 431. The molecule has 15 heavy (non-hydrogen) atoms. The molecule has 0 fully saturated rings. The summed E-state index contributed by atoms with van der Waals surface area (Å²) < 4.78 is 0. The number of hydrogen-bond donors (Lipinski definition) is 2. The molecular formula is C8H6ClNO5. The lowest BCUT2D eigenvalue weighted by atomic mass is 10.1. The Hall–Kier alpha value is -1.82. The number of halogens is 1. The fraction of sp³-hybridized carbons (Fsp3) is 0.125. The van der Waals surface area contributed by atoms with E-state index in [0.717, 1.165) is 12.1 Å². The van der Waals surface area contributed by atoms with E-state index in [1.807, 2.05) is 0 Å². The highest BCUT2D eigenvalue weighted by atomic mass is 35.5. The number of carboxylic acid groups (broad SMARTS) is 1. The van der Waals surface area contributed by atoms with Gasteiger partial charge in [0.15, 0.2) is 0 Å². The first-order valence-corrected chi connectivity index (χ1v) is 4.17. The van der Waals surface area contributed by atoms with Crippen LogP contribution in [0.4, 0.5) is 5.69 Å². The molecule has 0 aliphatic rings. The van der Waals surface area contributed by atoms with E-state index in [2.05, 4.69) is 0 Å². The van der Waals surface area contributed by atoms with Crippen LogP contribution in [0.2, 0.25) is 5.02 Å². The van der Waals surface area contributed by atoms with Gasteiger partial charge >= 0.3 is 5.97 Å². The smallest absolute Gasteiger partial charge is 0.307 e. The van der Waals surface area contributed by atoms with Gasteiger partial charge in [-0.1, -0.05) is 11.6 Å². The first kappa shape index (κ1) is 11.3. The van der Waals surface area contributed by atoms with Crippen molar-refractivity contribution in [3.05, 3.63) is 32.8 Å². The number of nitro benzene ring substituents is 1. The third kappa shape index (κ3) is 2.57. The largest absolute Gasteiger partial charge is 0.506 e. The SMILES string of the molecule is O=C(O)Cc1cc([N+](=O)[O-])cc(Cl)c1O. The quantitative estimate of drug-likeness (QED) is 0.608. The van der Waals surface area contributed by atoms with Gasteiger partial charge in [-0.15, -0.1) is 0 Å². The lowest BCUT2D eigenvalue weighted by Crippen LogP contribution is -2.01. The molecule has 0 aromatic heterocycles. The van der Waals surface area contributed by atoms with Gasteiger partial charge in [0.2, 0.25) is 0 Å². The van der Waals surface area contributed by atoms with Crippen molar-refractivity contribution in [2.24, 2.45) is 0 Å². The highest BCUT2D eigenvalue weighted by Gasteiger charge is 2.16. The van der Waals surface area contributed by atoms with Crippen molar-refractivity contribution >= 4 is 23.3 Å². The van der Waals surface area contributed by atoms with Crippen LogP contribution in [0.25, 0.3) is 0 Å². The molecule has 0 saturated carbocycles. The second-order valence-electron chi connectivity index (χ2n) is 2.76. The molecule has 1 aromatic rings. The number of aromatic hydroxyl groups is 1. The molecule has 7 heteroatoms. The molecule has 0 saturated heterocycles. The number of carbonyl (C=O) groups is 1. The summed E-state index contributed by atoms with van der Waals surface area (Å²) in [5.41, 5.74) is -0.434. The summed E-state index contributed by atoms with van der Waals surface area (Å²) in [6.07, 6.45) is -0.521. The average Bonchev–Trinajstić information content (AvgIpc) is 2.11. The molecule has 2 N–H and O–H groups in total. The zero-order chi connectivity index (χ0) is 11.6. The Balaban J connectivity index is 3.24. The third-order valence-electron chi connectivity index (χ3n) is 1.68. The van der Waals surface area contributed by atoms with Gasteiger partial charge in [0.1, 0.15) is 5.75 Å². The zero-order valence-corrected chi connectivity index (χ0v) is 8.06. The van der Waals surface area contributed by atoms with Gasteiger partial charge in [0.25, 0.3) is 5.69 Å². The van der Waals surface area contributed by atoms with E-state index in [4.69, 9.17) is 16.7 Å². The maximum atomic E-state index is 10.4. The normalized spacial score (nSPS) is 9.93. The molecule has 0 spiro atoms. The van der Waals surface area contributed by atoms with Gasteiger partial charge in [-0.3, -0.25) is 14.9 Å². The van der Waals surface area contributed by atoms with Crippen LogP contribution < -0.4 is 0 Å². The van der Waals surface area contributed by atoms with Crippen LogP contribution in [0, 0.1) is 10.1 Å². The maximum Gasteiger partial charge on any atom is 0.307 e. The van der Waals surface area contributed by atoms with Crippen LogP contribution in [-0.2, 0) is 11.2 Å². The number of phenolic OH excluding ortho intramolecular Hbond substituents is 1. The molecule has 6 nitrogen and oxygen atoms in total. The minimum absolute atomic E-state index is 0.0818. The molecule has 0 heterocycles. The van der Waals surface area contributed by atoms with Crippen molar-refractivity contribution in [3.63, 3.8) is 0 Å². The topological polar surface area (TPSA) is 101 Å². The molecule has 0 bridgehead atoms. The molecule has 1 rings (SSSR count). The molecule has 0 amide bonds. The molecule has 0 atom stereocenters. The summed E-state index contributed by atoms with van der Waals surface area (Å²) in [6.45, 7) is 0. The highest BCUT2D eigenvalue weighted by molar-refractivity contribution is 6.32. The van der Waals surface area contributed by atoms with E-state index in [1.165, 1.54) is 0 Å². The average molecular weight is 232 g/mol. The minimum atomic E-state index is -1.21.